The lowest BCUT2D eigenvalue weighted by molar-refractivity contribution is 0.0108. The molecule has 2 nitrogen and oxygen atoms in total. The number of aliphatic hydroxyl groups is 2. The lowest BCUT2D eigenvalue weighted by atomic mass is 10.1. The van der Waals surface area contributed by atoms with Crippen molar-refractivity contribution in [3.8, 4) is 23.7 Å². The highest BCUT2D eigenvalue weighted by atomic mass is 16.5. The van der Waals surface area contributed by atoms with Gasteiger partial charge in [-0.1, -0.05) is 63.2 Å². The van der Waals surface area contributed by atoms with Crippen LogP contribution in [0.25, 0.3) is 0 Å². The van der Waals surface area contributed by atoms with Crippen molar-refractivity contribution >= 4 is 0 Å². The van der Waals surface area contributed by atoms with Crippen molar-refractivity contribution in [2.24, 2.45) is 0 Å². The van der Waals surface area contributed by atoms with Crippen molar-refractivity contribution in [2.75, 3.05) is 0 Å². The molecule has 0 rings (SSSR count). The van der Waals surface area contributed by atoms with Gasteiger partial charge in [0.25, 0.3) is 0 Å². The topological polar surface area (TPSA) is 40.5 Å². The van der Waals surface area contributed by atoms with Crippen molar-refractivity contribution in [3.05, 3.63) is 24.3 Å². The minimum absolute atomic E-state index is 1.11. The second-order valence-electron chi connectivity index (χ2n) is 4.26. The maximum atomic E-state index is 8.43. The summed E-state index contributed by atoms with van der Waals surface area (Å²) in [5.74, 6) is 9.64. The second-order valence-corrected chi connectivity index (χ2v) is 4.26. The molecular formula is C17H24O2. The Labute approximate surface area is 117 Å². The smallest absolute Gasteiger partial charge is 0.218 e. The van der Waals surface area contributed by atoms with Gasteiger partial charge in [-0.05, 0) is 36.7 Å². The fourth-order valence-corrected chi connectivity index (χ4v) is 1.50. The minimum Gasteiger partial charge on any atom is -0.358 e. The molecular weight excluding hydrogens is 236 g/mol. The van der Waals surface area contributed by atoms with Gasteiger partial charge in [-0.25, -0.2) is 0 Å². The maximum absolute atomic E-state index is 8.43. The normalized spacial score (nSPS) is 10.5. The van der Waals surface area contributed by atoms with E-state index in [4.69, 9.17) is 10.2 Å². The molecule has 0 atom stereocenters. The van der Waals surface area contributed by atoms with Crippen LogP contribution in [0, 0.1) is 23.7 Å². The number of unbranched alkanes of at least 4 members (excludes halogenated alkanes) is 6. The van der Waals surface area contributed by atoms with Crippen molar-refractivity contribution in [1.82, 2.24) is 0 Å². The van der Waals surface area contributed by atoms with Gasteiger partial charge < -0.3 is 10.2 Å². The van der Waals surface area contributed by atoms with Crippen LogP contribution in [0.4, 0.5) is 0 Å². The van der Waals surface area contributed by atoms with E-state index in [1.54, 1.807) is 6.08 Å². The summed E-state index contributed by atoms with van der Waals surface area (Å²) in [6, 6.07) is 0. The average molecular weight is 260 g/mol. The molecule has 0 aliphatic rings. The Kier molecular flexibility index (Phi) is 13.4. The number of hydrogen-bond acceptors (Lipinski definition) is 2. The van der Waals surface area contributed by atoms with Gasteiger partial charge in [-0.3, -0.25) is 0 Å². The lowest BCUT2D eigenvalue weighted by Crippen LogP contribution is -1.97. The van der Waals surface area contributed by atoms with Gasteiger partial charge in [0.15, 0.2) is 0 Å². The van der Waals surface area contributed by atoms with Crippen molar-refractivity contribution in [2.45, 2.75) is 58.2 Å². The summed E-state index contributed by atoms with van der Waals surface area (Å²) in [6.45, 7) is 2.23. The highest BCUT2D eigenvalue weighted by molar-refractivity contribution is 5.32. The molecule has 0 saturated heterocycles. The third-order valence-electron chi connectivity index (χ3n) is 2.49. The average Bonchev–Trinajstić information content (AvgIpc) is 2.39. The van der Waals surface area contributed by atoms with Gasteiger partial charge >= 0.3 is 0 Å². The molecule has 0 unspecified atom stereocenters. The molecule has 0 fully saturated rings. The van der Waals surface area contributed by atoms with Crippen LogP contribution in [-0.4, -0.2) is 16.5 Å². The first kappa shape index (κ1) is 17.5. The largest absolute Gasteiger partial charge is 0.358 e. The summed E-state index contributed by atoms with van der Waals surface area (Å²) in [6.07, 6.45) is 15.1. The Hall–Kier alpha value is -1.48. The number of aliphatic hydroxyl groups excluding tert-OH is 1. The Morgan fingerprint density at radius 1 is 0.947 bits per heavy atom. The molecule has 0 aromatic rings. The van der Waals surface area contributed by atoms with E-state index in [0.29, 0.717) is 0 Å². The number of allylic oxidation sites excluding steroid dienone is 4. The maximum Gasteiger partial charge on any atom is 0.218 e. The summed E-state index contributed by atoms with van der Waals surface area (Å²) in [4.78, 5) is 0. The van der Waals surface area contributed by atoms with E-state index < -0.39 is 6.29 Å². The summed E-state index contributed by atoms with van der Waals surface area (Å²) < 4.78 is 0. The number of rotatable bonds is 8. The molecule has 0 aliphatic heterocycles. The zero-order chi connectivity index (χ0) is 14.2. The van der Waals surface area contributed by atoms with Crippen LogP contribution in [0.2, 0.25) is 0 Å². The molecule has 0 spiro atoms. The summed E-state index contributed by atoms with van der Waals surface area (Å²) in [5.41, 5.74) is 0. The van der Waals surface area contributed by atoms with Gasteiger partial charge in [-0.15, -0.1) is 0 Å². The van der Waals surface area contributed by atoms with E-state index in [2.05, 4.69) is 36.7 Å². The van der Waals surface area contributed by atoms with E-state index >= 15 is 0 Å². The molecule has 2 N–H and O–H groups in total. The first-order valence-electron chi connectivity index (χ1n) is 6.96. The van der Waals surface area contributed by atoms with Crippen LogP contribution >= 0.6 is 0 Å². The first-order valence-corrected chi connectivity index (χ1v) is 6.96. The van der Waals surface area contributed by atoms with Crippen LogP contribution < -0.4 is 0 Å². The molecule has 0 amide bonds. The SMILES string of the molecule is CCCCCCCCC=CC=CC#CC#CC(O)O. The van der Waals surface area contributed by atoms with Crippen LogP contribution in [0.1, 0.15) is 51.9 Å². The molecule has 0 aliphatic carbocycles. The van der Waals surface area contributed by atoms with E-state index in [0.717, 1.165) is 6.42 Å². The zero-order valence-electron chi connectivity index (χ0n) is 11.7. The molecule has 104 valence electrons. The van der Waals surface area contributed by atoms with Crippen molar-refractivity contribution in [1.29, 1.82) is 0 Å². The van der Waals surface area contributed by atoms with E-state index in [9.17, 15) is 0 Å². The van der Waals surface area contributed by atoms with Gasteiger partial charge in [0.05, 0.1) is 0 Å². The molecule has 0 aromatic carbocycles. The third-order valence-corrected chi connectivity index (χ3v) is 2.49. The van der Waals surface area contributed by atoms with E-state index in [-0.39, 0.29) is 0 Å². The van der Waals surface area contributed by atoms with Gasteiger partial charge in [-0.2, -0.15) is 0 Å². The summed E-state index contributed by atoms with van der Waals surface area (Å²) in [5, 5.41) is 16.9. The van der Waals surface area contributed by atoms with E-state index in [1.807, 2.05) is 12.2 Å². The molecule has 0 radical (unpaired) electrons. The third kappa shape index (κ3) is 16.5. The second kappa shape index (κ2) is 14.6. The van der Waals surface area contributed by atoms with Gasteiger partial charge in [0.2, 0.25) is 6.29 Å². The molecule has 19 heavy (non-hydrogen) atoms. The fraction of sp³-hybridized carbons (Fsp3) is 0.529. The highest BCUT2D eigenvalue weighted by Crippen LogP contribution is 2.06. The Balaban J connectivity index is 3.50. The van der Waals surface area contributed by atoms with Crippen LogP contribution in [0.15, 0.2) is 24.3 Å². The summed E-state index contributed by atoms with van der Waals surface area (Å²) in [7, 11) is 0. The molecule has 0 aromatic heterocycles. The quantitative estimate of drug-likeness (QED) is 0.304. The Morgan fingerprint density at radius 3 is 2.42 bits per heavy atom. The van der Waals surface area contributed by atoms with Crippen molar-refractivity contribution < 1.29 is 10.2 Å². The van der Waals surface area contributed by atoms with Crippen LogP contribution in [-0.2, 0) is 0 Å². The van der Waals surface area contributed by atoms with Gasteiger partial charge in [0, 0.05) is 0 Å². The van der Waals surface area contributed by atoms with Crippen LogP contribution in [0.3, 0.4) is 0 Å². The van der Waals surface area contributed by atoms with E-state index in [1.165, 1.54) is 38.5 Å². The highest BCUT2D eigenvalue weighted by Gasteiger charge is 1.87. The fourth-order valence-electron chi connectivity index (χ4n) is 1.50. The Morgan fingerprint density at radius 2 is 1.68 bits per heavy atom. The molecule has 0 bridgehead atoms. The minimum atomic E-state index is -1.60. The Bertz CT molecular complexity index is 370. The van der Waals surface area contributed by atoms with Gasteiger partial charge in [0.1, 0.15) is 0 Å². The van der Waals surface area contributed by atoms with Crippen LogP contribution in [0.5, 0.6) is 0 Å². The van der Waals surface area contributed by atoms with Crippen molar-refractivity contribution in [3.63, 3.8) is 0 Å². The molecule has 0 saturated carbocycles. The summed E-state index contributed by atoms with van der Waals surface area (Å²) >= 11 is 0. The number of hydrogen-bond donors (Lipinski definition) is 2. The monoisotopic (exact) mass is 260 g/mol. The predicted octanol–water partition coefficient (Wildman–Crippen LogP) is 3.17. The lowest BCUT2D eigenvalue weighted by Gasteiger charge is -1.97. The standard InChI is InChI=1S/C17H24O2/c1-2-3-4-5-6-7-8-9-10-11-12-13-14-15-16-17(18)19/h9-12,17-19H,2-8H2,1H3. The molecule has 2 heteroatoms. The predicted molar refractivity (Wildman–Crippen MR) is 80.1 cm³/mol. The first-order chi connectivity index (χ1) is 9.27. The molecule has 0 heterocycles. The zero-order valence-corrected chi connectivity index (χ0v) is 11.7.